The second-order valence-corrected chi connectivity index (χ2v) is 4.86. The van der Waals surface area contributed by atoms with Gasteiger partial charge in [0.25, 0.3) is 0 Å². The number of carbonyl (C=O) groups is 1. The number of rotatable bonds is 5. The third-order valence-electron chi connectivity index (χ3n) is 2.92. The second-order valence-electron chi connectivity index (χ2n) is 4.86. The van der Waals surface area contributed by atoms with Crippen molar-refractivity contribution in [2.45, 2.75) is 20.3 Å². The van der Waals surface area contributed by atoms with Crippen molar-refractivity contribution in [2.75, 3.05) is 0 Å². The quantitative estimate of drug-likeness (QED) is 0.797. The summed E-state index contributed by atoms with van der Waals surface area (Å²) in [7, 11) is 0. The monoisotopic (exact) mass is 254 g/mol. The van der Waals surface area contributed by atoms with Crippen molar-refractivity contribution < 1.29 is 9.53 Å². The number of hydrogen-bond donors (Lipinski definition) is 0. The Kier molecular flexibility index (Phi) is 4.35. The standard InChI is InChI=1S/C17H18O2/c1-13(2)17(18)12-14-8-10-16(11-9-14)19-15-6-4-3-5-7-15/h3-11,13H,12H2,1-2H3. The first-order valence-corrected chi connectivity index (χ1v) is 6.49. The Balaban J connectivity index is 2.01. The minimum absolute atomic E-state index is 0.0836. The minimum atomic E-state index is 0.0836. The zero-order valence-electron chi connectivity index (χ0n) is 11.3. The largest absolute Gasteiger partial charge is 0.457 e. The summed E-state index contributed by atoms with van der Waals surface area (Å²) in [6.45, 7) is 3.85. The van der Waals surface area contributed by atoms with E-state index in [1.165, 1.54) is 0 Å². The van der Waals surface area contributed by atoms with E-state index in [4.69, 9.17) is 4.74 Å². The lowest BCUT2D eigenvalue weighted by molar-refractivity contribution is -0.121. The van der Waals surface area contributed by atoms with Crippen molar-refractivity contribution in [2.24, 2.45) is 5.92 Å². The highest BCUT2D eigenvalue weighted by Crippen LogP contribution is 2.21. The van der Waals surface area contributed by atoms with Crippen molar-refractivity contribution in [1.82, 2.24) is 0 Å². The molecule has 2 nitrogen and oxygen atoms in total. The molecule has 0 spiro atoms. The van der Waals surface area contributed by atoms with Crippen LogP contribution in [0.3, 0.4) is 0 Å². The van der Waals surface area contributed by atoms with Crippen LogP contribution in [-0.4, -0.2) is 5.78 Å². The van der Waals surface area contributed by atoms with Crippen LogP contribution in [0.15, 0.2) is 54.6 Å². The third-order valence-corrected chi connectivity index (χ3v) is 2.92. The van der Waals surface area contributed by atoms with Gasteiger partial charge in [-0.2, -0.15) is 0 Å². The summed E-state index contributed by atoms with van der Waals surface area (Å²) >= 11 is 0. The highest BCUT2D eigenvalue weighted by molar-refractivity contribution is 5.82. The van der Waals surface area contributed by atoms with Gasteiger partial charge < -0.3 is 4.74 Å². The number of benzene rings is 2. The summed E-state index contributed by atoms with van der Waals surface area (Å²) in [5.74, 6) is 1.94. The van der Waals surface area contributed by atoms with Crippen LogP contribution in [0.25, 0.3) is 0 Å². The number of hydrogen-bond acceptors (Lipinski definition) is 2. The molecule has 2 aromatic rings. The Labute approximate surface area is 114 Å². The second kappa shape index (κ2) is 6.19. The van der Waals surface area contributed by atoms with E-state index in [-0.39, 0.29) is 11.7 Å². The molecule has 0 N–H and O–H groups in total. The number of Topliss-reactive ketones (excluding diaryl/α,β-unsaturated/α-hetero) is 1. The molecule has 2 aromatic carbocycles. The molecule has 0 saturated carbocycles. The van der Waals surface area contributed by atoms with E-state index in [1.54, 1.807) is 0 Å². The summed E-state index contributed by atoms with van der Waals surface area (Å²) in [5.41, 5.74) is 1.03. The van der Waals surface area contributed by atoms with E-state index >= 15 is 0 Å². The van der Waals surface area contributed by atoms with Gasteiger partial charge in [0.1, 0.15) is 17.3 Å². The van der Waals surface area contributed by atoms with Gasteiger partial charge in [-0.25, -0.2) is 0 Å². The summed E-state index contributed by atoms with van der Waals surface area (Å²) in [5, 5.41) is 0. The zero-order chi connectivity index (χ0) is 13.7. The fourth-order valence-corrected chi connectivity index (χ4v) is 1.71. The maximum atomic E-state index is 11.7. The Morgan fingerprint density at radius 1 is 0.947 bits per heavy atom. The van der Waals surface area contributed by atoms with Gasteiger partial charge in [0.15, 0.2) is 0 Å². The first kappa shape index (κ1) is 13.3. The van der Waals surface area contributed by atoms with Gasteiger partial charge in [-0.15, -0.1) is 0 Å². The maximum absolute atomic E-state index is 11.7. The molecule has 19 heavy (non-hydrogen) atoms. The fourth-order valence-electron chi connectivity index (χ4n) is 1.71. The molecule has 0 unspecified atom stereocenters. The van der Waals surface area contributed by atoms with Gasteiger partial charge in [-0.1, -0.05) is 44.2 Å². The molecule has 0 heterocycles. The molecule has 98 valence electrons. The lowest BCUT2D eigenvalue weighted by Gasteiger charge is -2.07. The lowest BCUT2D eigenvalue weighted by atomic mass is 10.0. The van der Waals surface area contributed by atoms with Crippen LogP contribution < -0.4 is 4.74 Å². The predicted octanol–water partition coefficient (Wildman–Crippen LogP) is 4.25. The normalized spacial score (nSPS) is 10.5. The van der Waals surface area contributed by atoms with Gasteiger partial charge >= 0.3 is 0 Å². The smallest absolute Gasteiger partial charge is 0.139 e. The van der Waals surface area contributed by atoms with Crippen LogP contribution in [0.5, 0.6) is 11.5 Å². The molecule has 0 aliphatic carbocycles. The molecule has 0 aromatic heterocycles. The van der Waals surface area contributed by atoms with Crippen LogP contribution >= 0.6 is 0 Å². The summed E-state index contributed by atoms with van der Waals surface area (Å²) < 4.78 is 5.70. The Morgan fingerprint density at radius 3 is 2.11 bits per heavy atom. The van der Waals surface area contributed by atoms with Gasteiger partial charge in [-0.3, -0.25) is 4.79 Å². The third kappa shape index (κ3) is 3.95. The summed E-state index contributed by atoms with van der Waals surface area (Å²) in [4.78, 5) is 11.7. The molecule has 2 rings (SSSR count). The van der Waals surface area contributed by atoms with Crippen LogP contribution in [0.4, 0.5) is 0 Å². The topological polar surface area (TPSA) is 26.3 Å². The average molecular weight is 254 g/mol. The van der Waals surface area contributed by atoms with Gasteiger partial charge in [-0.05, 0) is 29.8 Å². The van der Waals surface area contributed by atoms with Crippen molar-refractivity contribution in [3.63, 3.8) is 0 Å². The van der Waals surface area contributed by atoms with Crippen LogP contribution in [0.1, 0.15) is 19.4 Å². The van der Waals surface area contributed by atoms with E-state index in [1.807, 2.05) is 68.4 Å². The first-order chi connectivity index (χ1) is 9.15. The molecule has 0 radical (unpaired) electrons. The SMILES string of the molecule is CC(C)C(=O)Cc1ccc(Oc2ccccc2)cc1. The first-order valence-electron chi connectivity index (χ1n) is 6.49. The highest BCUT2D eigenvalue weighted by Gasteiger charge is 2.08. The maximum Gasteiger partial charge on any atom is 0.139 e. The molecule has 0 aliphatic heterocycles. The van der Waals surface area contributed by atoms with E-state index in [0.29, 0.717) is 6.42 Å². The van der Waals surface area contributed by atoms with Gasteiger partial charge in [0, 0.05) is 12.3 Å². The Bertz CT molecular complexity index is 527. The van der Waals surface area contributed by atoms with Crippen LogP contribution in [0, 0.1) is 5.92 Å². The molecule has 2 heteroatoms. The predicted molar refractivity (Wildman–Crippen MR) is 76.5 cm³/mol. The molecule has 0 fully saturated rings. The molecule has 0 amide bonds. The summed E-state index contributed by atoms with van der Waals surface area (Å²) in [6.07, 6.45) is 0.489. The van der Waals surface area contributed by atoms with E-state index in [9.17, 15) is 4.79 Å². The molecule has 0 bridgehead atoms. The van der Waals surface area contributed by atoms with Crippen molar-refractivity contribution >= 4 is 5.78 Å². The molecule has 0 atom stereocenters. The van der Waals surface area contributed by atoms with Crippen molar-refractivity contribution in [3.05, 3.63) is 60.2 Å². The molecule has 0 aliphatic rings. The molecular formula is C17H18O2. The Hall–Kier alpha value is -2.09. The highest BCUT2D eigenvalue weighted by atomic mass is 16.5. The fraction of sp³-hybridized carbons (Fsp3) is 0.235. The Morgan fingerprint density at radius 2 is 1.53 bits per heavy atom. The number of para-hydroxylation sites is 1. The molecular weight excluding hydrogens is 236 g/mol. The molecule has 0 saturated heterocycles. The lowest BCUT2D eigenvalue weighted by Crippen LogP contribution is -2.09. The van der Waals surface area contributed by atoms with Crippen LogP contribution in [-0.2, 0) is 11.2 Å². The minimum Gasteiger partial charge on any atom is -0.457 e. The average Bonchev–Trinajstić information content (AvgIpc) is 2.42. The van der Waals surface area contributed by atoms with E-state index in [2.05, 4.69) is 0 Å². The van der Waals surface area contributed by atoms with Gasteiger partial charge in [0.05, 0.1) is 0 Å². The number of carbonyl (C=O) groups excluding carboxylic acids is 1. The van der Waals surface area contributed by atoms with Crippen molar-refractivity contribution in [3.8, 4) is 11.5 Å². The zero-order valence-corrected chi connectivity index (χ0v) is 11.3. The van der Waals surface area contributed by atoms with Gasteiger partial charge in [0.2, 0.25) is 0 Å². The number of ketones is 1. The van der Waals surface area contributed by atoms with E-state index < -0.39 is 0 Å². The van der Waals surface area contributed by atoms with E-state index in [0.717, 1.165) is 17.1 Å². The number of ether oxygens (including phenoxy) is 1. The summed E-state index contributed by atoms with van der Waals surface area (Å²) in [6, 6.07) is 17.3. The van der Waals surface area contributed by atoms with Crippen LogP contribution in [0.2, 0.25) is 0 Å². The van der Waals surface area contributed by atoms with Crippen molar-refractivity contribution in [1.29, 1.82) is 0 Å².